The fraction of sp³-hybridized carbons (Fsp3) is 0.844. The SMILES string of the molecule is CC1CN(C(=O)[C@@H](NC(=O)NC2(CS(C)(=O)=O)CCCCC2)C(C)(C)C)[C@H](C(=O)NC(CC2CCC2)C(=O)C(N)=O)CC1(C)C. The van der Waals surface area contributed by atoms with Crippen LogP contribution in [0.5, 0.6) is 0 Å². The number of urea groups is 1. The fourth-order valence-electron chi connectivity index (χ4n) is 6.95. The maximum atomic E-state index is 14.4. The largest absolute Gasteiger partial charge is 0.363 e. The number of piperidine rings is 1. The van der Waals surface area contributed by atoms with E-state index in [4.69, 9.17) is 5.73 Å². The van der Waals surface area contributed by atoms with E-state index in [0.29, 0.717) is 25.7 Å². The summed E-state index contributed by atoms with van der Waals surface area (Å²) in [5, 5.41) is 8.53. The zero-order valence-corrected chi connectivity index (χ0v) is 29.0. The zero-order chi connectivity index (χ0) is 34.0. The Balaban J connectivity index is 1.87. The van der Waals surface area contributed by atoms with E-state index in [1.807, 2.05) is 41.5 Å². The van der Waals surface area contributed by atoms with Crippen LogP contribution in [0.1, 0.15) is 106 Å². The zero-order valence-electron chi connectivity index (χ0n) is 28.2. The molecule has 0 aromatic heterocycles. The van der Waals surface area contributed by atoms with Crippen LogP contribution in [0, 0.1) is 22.7 Å². The van der Waals surface area contributed by atoms with Gasteiger partial charge in [0.05, 0.1) is 17.3 Å². The maximum absolute atomic E-state index is 14.4. The Morgan fingerprint density at radius 1 is 0.978 bits per heavy atom. The molecule has 1 heterocycles. The summed E-state index contributed by atoms with van der Waals surface area (Å²) in [6, 6.07) is -3.69. The topological polar surface area (TPSA) is 185 Å². The second kappa shape index (κ2) is 14.0. The Bertz CT molecular complexity index is 1250. The molecule has 2 aliphatic carbocycles. The van der Waals surface area contributed by atoms with E-state index in [9.17, 15) is 32.4 Å². The van der Waals surface area contributed by atoms with Crippen LogP contribution >= 0.6 is 0 Å². The molecule has 3 rings (SSSR count). The van der Waals surface area contributed by atoms with Crippen molar-refractivity contribution in [1.82, 2.24) is 20.9 Å². The van der Waals surface area contributed by atoms with Crippen molar-refractivity contribution < 1.29 is 32.4 Å². The molecular weight excluding hydrogens is 598 g/mol. The summed E-state index contributed by atoms with van der Waals surface area (Å²) in [7, 11) is -3.39. The standard InChI is InChI=1S/C32H55N5O7S/c1-20-18-37(23(17-31(20,5)6)27(40)34-22(24(38)26(33)39)16-21-12-11-13-21)28(41)25(30(2,3)4)35-29(42)36-32(19-45(7,43)44)14-9-8-10-15-32/h20-23,25H,8-19H2,1-7H3,(H2,33,39)(H,34,40)(H2,35,36,42)/t20?,22?,23-,25+/m0/s1. The highest BCUT2D eigenvalue weighted by Gasteiger charge is 2.48. The molecule has 13 heteroatoms. The van der Waals surface area contributed by atoms with Gasteiger partial charge in [0.25, 0.3) is 5.91 Å². The smallest absolute Gasteiger partial charge is 0.315 e. The number of carbonyl (C=O) groups is 5. The molecule has 5 N–H and O–H groups in total. The van der Waals surface area contributed by atoms with E-state index in [0.717, 1.165) is 44.8 Å². The van der Waals surface area contributed by atoms with Gasteiger partial charge in [0.1, 0.15) is 21.9 Å². The van der Waals surface area contributed by atoms with Crippen LogP contribution in [0.25, 0.3) is 0 Å². The Morgan fingerprint density at radius 2 is 1.58 bits per heavy atom. The third kappa shape index (κ3) is 9.65. The number of hydrogen-bond donors (Lipinski definition) is 4. The minimum atomic E-state index is -3.39. The number of nitrogens with one attached hydrogen (secondary N) is 3. The normalized spacial score (nSPS) is 24.8. The fourth-order valence-corrected chi connectivity index (χ4v) is 8.31. The number of ketones is 1. The average molecular weight is 654 g/mol. The van der Waals surface area contributed by atoms with Gasteiger partial charge >= 0.3 is 6.03 Å². The van der Waals surface area contributed by atoms with Crippen LogP contribution in [0.15, 0.2) is 0 Å². The minimum absolute atomic E-state index is 0.0123. The summed E-state index contributed by atoms with van der Waals surface area (Å²) in [4.78, 5) is 67.8. The van der Waals surface area contributed by atoms with Crippen LogP contribution in [-0.2, 0) is 29.0 Å². The third-order valence-electron chi connectivity index (χ3n) is 10.3. The van der Waals surface area contributed by atoms with E-state index in [1.165, 1.54) is 4.90 Å². The van der Waals surface area contributed by atoms with Gasteiger partial charge < -0.3 is 26.6 Å². The highest BCUT2D eigenvalue weighted by atomic mass is 32.2. The molecule has 45 heavy (non-hydrogen) atoms. The van der Waals surface area contributed by atoms with E-state index in [2.05, 4.69) is 16.0 Å². The second-order valence-electron chi connectivity index (χ2n) is 15.7. The van der Waals surface area contributed by atoms with E-state index >= 15 is 0 Å². The van der Waals surface area contributed by atoms with Gasteiger partial charge in [0.15, 0.2) is 0 Å². The number of rotatable bonds is 11. The third-order valence-corrected chi connectivity index (χ3v) is 11.3. The van der Waals surface area contributed by atoms with E-state index in [-0.39, 0.29) is 29.5 Å². The van der Waals surface area contributed by atoms with Gasteiger partial charge in [-0.2, -0.15) is 0 Å². The van der Waals surface area contributed by atoms with Gasteiger partial charge in [0.2, 0.25) is 17.6 Å². The molecule has 0 spiro atoms. The van der Waals surface area contributed by atoms with Crippen molar-refractivity contribution in [3.63, 3.8) is 0 Å². The first kappa shape index (κ1) is 36.8. The summed E-state index contributed by atoms with van der Waals surface area (Å²) in [5.74, 6) is -2.91. The minimum Gasteiger partial charge on any atom is -0.363 e. The number of Topliss-reactive ketones (excluding diaryl/α,β-unsaturated/α-hetero) is 1. The predicted octanol–water partition coefficient (Wildman–Crippen LogP) is 2.44. The molecule has 0 aromatic carbocycles. The van der Waals surface area contributed by atoms with Crippen LogP contribution in [0.3, 0.4) is 0 Å². The summed E-state index contributed by atoms with van der Waals surface area (Å²) >= 11 is 0. The first-order chi connectivity index (χ1) is 20.6. The molecule has 1 aliphatic heterocycles. The number of amides is 5. The molecule has 3 fully saturated rings. The molecule has 2 unspecified atom stereocenters. The van der Waals surface area contributed by atoms with Gasteiger partial charge in [0, 0.05) is 12.8 Å². The van der Waals surface area contributed by atoms with Crippen molar-refractivity contribution >= 4 is 39.4 Å². The molecule has 0 radical (unpaired) electrons. The molecule has 1 saturated heterocycles. The molecule has 5 amide bonds. The van der Waals surface area contributed by atoms with Crippen molar-refractivity contribution in [3.05, 3.63) is 0 Å². The van der Waals surface area contributed by atoms with Crippen LogP contribution < -0.4 is 21.7 Å². The summed E-state index contributed by atoms with van der Waals surface area (Å²) in [5.41, 5.74) is 3.31. The molecular formula is C32H55N5O7S. The molecule has 3 aliphatic rings. The molecule has 4 atom stereocenters. The predicted molar refractivity (Wildman–Crippen MR) is 172 cm³/mol. The Labute approximate surface area is 268 Å². The van der Waals surface area contributed by atoms with Gasteiger partial charge in [-0.25, -0.2) is 13.2 Å². The number of nitrogens with zero attached hydrogens (tertiary/aromatic N) is 1. The lowest BCUT2D eigenvalue weighted by molar-refractivity contribution is -0.151. The monoisotopic (exact) mass is 653 g/mol. The molecule has 2 saturated carbocycles. The van der Waals surface area contributed by atoms with Gasteiger partial charge in [-0.15, -0.1) is 0 Å². The summed E-state index contributed by atoms with van der Waals surface area (Å²) < 4.78 is 24.6. The quantitative estimate of drug-likeness (QED) is 0.247. The summed E-state index contributed by atoms with van der Waals surface area (Å²) in [6.07, 6.45) is 8.20. The van der Waals surface area contributed by atoms with Crippen molar-refractivity contribution in [3.8, 4) is 0 Å². The Morgan fingerprint density at radius 3 is 2.07 bits per heavy atom. The average Bonchev–Trinajstić information content (AvgIpc) is 2.87. The molecule has 12 nitrogen and oxygen atoms in total. The van der Waals surface area contributed by atoms with E-state index < -0.39 is 68.5 Å². The lowest BCUT2D eigenvalue weighted by Gasteiger charge is -2.49. The van der Waals surface area contributed by atoms with Gasteiger partial charge in [-0.1, -0.05) is 80.1 Å². The van der Waals surface area contributed by atoms with E-state index in [1.54, 1.807) is 0 Å². The molecule has 0 bridgehead atoms. The maximum Gasteiger partial charge on any atom is 0.315 e. The first-order valence-electron chi connectivity index (χ1n) is 16.3. The second-order valence-corrected chi connectivity index (χ2v) is 17.9. The van der Waals surface area contributed by atoms with Crippen LogP contribution in [0.4, 0.5) is 4.79 Å². The highest BCUT2D eigenvalue weighted by molar-refractivity contribution is 7.90. The van der Waals surface area contributed by atoms with Crippen molar-refractivity contribution in [2.24, 2.45) is 28.4 Å². The summed E-state index contributed by atoms with van der Waals surface area (Å²) in [6.45, 7) is 11.8. The lowest BCUT2D eigenvalue weighted by Crippen LogP contribution is -2.66. The first-order valence-corrected chi connectivity index (χ1v) is 18.4. The van der Waals surface area contributed by atoms with Crippen LogP contribution in [-0.4, -0.2) is 85.1 Å². The van der Waals surface area contributed by atoms with Crippen molar-refractivity contribution in [2.45, 2.75) is 129 Å². The Kier molecular flexibility index (Phi) is 11.4. The number of likely N-dealkylation sites (tertiary alicyclic amines) is 1. The molecule has 0 aromatic rings. The number of primary amides is 1. The Hall–Kier alpha value is -2.70. The number of sulfone groups is 1. The lowest BCUT2D eigenvalue weighted by atomic mass is 9.70. The van der Waals surface area contributed by atoms with Gasteiger partial charge in [-0.3, -0.25) is 19.2 Å². The number of carbonyl (C=O) groups excluding carboxylic acids is 5. The number of hydrogen-bond acceptors (Lipinski definition) is 7. The number of nitrogens with two attached hydrogens (primary N) is 1. The van der Waals surface area contributed by atoms with Crippen molar-refractivity contribution in [1.29, 1.82) is 0 Å². The molecule has 256 valence electrons. The highest BCUT2D eigenvalue weighted by Crippen LogP contribution is 2.40. The van der Waals surface area contributed by atoms with Crippen LogP contribution in [0.2, 0.25) is 0 Å². The van der Waals surface area contributed by atoms with Crippen molar-refractivity contribution in [2.75, 3.05) is 18.6 Å². The van der Waals surface area contributed by atoms with Gasteiger partial charge in [-0.05, 0) is 48.3 Å².